The average Bonchev–Trinajstić information content (AvgIpc) is 3.24. The van der Waals surface area contributed by atoms with Crippen molar-refractivity contribution in [2.24, 2.45) is 0 Å². The van der Waals surface area contributed by atoms with E-state index < -0.39 is 15.9 Å². The van der Waals surface area contributed by atoms with E-state index in [9.17, 15) is 17.6 Å². The number of piperazine rings is 1. The number of sulfonamides is 1. The van der Waals surface area contributed by atoms with Crippen molar-refractivity contribution in [2.45, 2.75) is 11.4 Å². The fraction of sp³-hybridized carbons (Fsp3) is 0.250. The van der Waals surface area contributed by atoms with Crippen molar-refractivity contribution in [3.8, 4) is 0 Å². The van der Waals surface area contributed by atoms with E-state index in [4.69, 9.17) is 11.6 Å². The van der Waals surface area contributed by atoms with Crippen LogP contribution in [0.15, 0.2) is 53.4 Å². The van der Waals surface area contributed by atoms with Crippen molar-refractivity contribution < 1.29 is 17.6 Å². The molecule has 32 heavy (non-hydrogen) atoms. The molecule has 1 aliphatic heterocycles. The third-order valence-corrected chi connectivity index (χ3v) is 8.21. The molecule has 3 aromatic rings. The monoisotopic (exact) mass is 495 g/mol. The van der Waals surface area contributed by atoms with Crippen LogP contribution in [0.5, 0.6) is 0 Å². The van der Waals surface area contributed by atoms with E-state index in [0.717, 1.165) is 11.3 Å². The van der Waals surface area contributed by atoms with Gasteiger partial charge in [0.25, 0.3) is 5.91 Å². The summed E-state index contributed by atoms with van der Waals surface area (Å²) in [4.78, 5) is 14.5. The number of hydrogen-bond acceptors (Lipinski definition) is 7. The van der Waals surface area contributed by atoms with Crippen molar-refractivity contribution in [3.05, 3.63) is 69.4 Å². The van der Waals surface area contributed by atoms with E-state index in [1.54, 1.807) is 18.2 Å². The molecule has 0 saturated carbocycles. The molecule has 2 heterocycles. The SMILES string of the molecule is O=C(Nc1ccc(F)cc1)c1nnc(CN2CCN(S(=O)(=O)c3ccccc3Cl)CC2)s1. The molecule has 168 valence electrons. The van der Waals surface area contributed by atoms with Gasteiger partial charge in [-0.1, -0.05) is 35.1 Å². The number of nitrogens with one attached hydrogen (secondary N) is 1. The fourth-order valence-electron chi connectivity index (χ4n) is 3.24. The van der Waals surface area contributed by atoms with Gasteiger partial charge in [0.05, 0.1) is 11.6 Å². The van der Waals surface area contributed by atoms with Crippen LogP contribution < -0.4 is 5.32 Å². The van der Waals surface area contributed by atoms with Crippen LogP contribution in [0.1, 0.15) is 14.8 Å². The summed E-state index contributed by atoms with van der Waals surface area (Å²) in [5.41, 5.74) is 0.462. The van der Waals surface area contributed by atoms with Gasteiger partial charge in [0, 0.05) is 31.9 Å². The molecule has 4 rings (SSSR count). The summed E-state index contributed by atoms with van der Waals surface area (Å²) in [7, 11) is -3.66. The van der Waals surface area contributed by atoms with Crippen LogP contribution in [0.3, 0.4) is 0 Å². The highest BCUT2D eigenvalue weighted by Crippen LogP contribution is 2.25. The van der Waals surface area contributed by atoms with E-state index in [1.165, 1.54) is 34.6 Å². The largest absolute Gasteiger partial charge is 0.320 e. The van der Waals surface area contributed by atoms with Gasteiger partial charge in [0.2, 0.25) is 15.0 Å². The maximum Gasteiger partial charge on any atom is 0.286 e. The highest BCUT2D eigenvalue weighted by Gasteiger charge is 2.30. The first kappa shape index (κ1) is 22.7. The smallest absolute Gasteiger partial charge is 0.286 e. The molecule has 1 fully saturated rings. The van der Waals surface area contributed by atoms with Gasteiger partial charge < -0.3 is 5.32 Å². The number of anilines is 1. The molecular weight excluding hydrogens is 477 g/mol. The molecule has 1 aliphatic rings. The van der Waals surface area contributed by atoms with Gasteiger partial charge in [-0.3, -0.25) is 9.69 Å². The van der Waals surface area contributed by atoms with Gasteiger partial charge in [0.1, 0.15) is 15.7 Å². The molecule has 12 heteroatoms. The zero-order valence-electron chi connectivity index (χ0n) is 16.7. The van der Waals surface area contributed by atoms with Crippen LogP contribution in [0, 0.1) is 5.82 Å². The number of halogens is 2. The number of nitrogens with zero attached hydrogens (tertiary/aromatic N) is 4. The van der Waals surface area contributed by atoms with Gasteiger partial charge in [-0.25, -0.2) is 12.8 Å². The molecule has 0 aliphatic carbocycles. The summed E-state index contributed by atoms with van der Waals surface area (Å²) in [6, 6.07) is 11.8. The third-order valence-electron chi connectivity index (χ3n) is 4.91. The van der Waals surface area contributed by atoms with E-state index in [0.29, 0.717) is 43.4 Å². The Morgan fingerprint density at radius 1 is 1.06 bits per heavy atom. The van der Waals surface area contributed by atoms with Crippen LogP contribution in [0.2, 0.25) is 5.02 Å². The van der Waals surface area contributed by atoms with E-state index in [2.05, 4.69) is 20.4 Å². The fourth-order valence-corrected chi connectivity index (χ4v) is 5.93. The van der Waals surface area contributed by atoms with Crippen molar-refractivity contribution >= 4 is 44.6 Å². The lowest BCUT2D eigenvalue weighted by molar-refractivity contribution is 0.102. The van der Waals surface area contributed by atoms with Gasteiger partial charge in [-0.2, -0.15) is 4.31 Å². The summed E-state index contributed by atoms with van der Waals surface area (Å²) in [5, 5.41) is 11.7. The number of rotatable bonds is 6. The molecule has 0 atom stereocenters. The Balaban J connectivity index is 1.33. The standard InChI is InChI=1S/C20H19ClFN5O3S2/c21-16-3-1-2-4-17(16)32(29,30)27-11-9-26(10-12-27)13-18-24-25-20(31-18)19(28)23-15-7-5-14(22)6-8-15/h1-8H,9-13H2,(H,23,28). The molecule has 2 aromatic carbocycles. The first-order chi connectivity index (χ1) is 15.3. The molecule has 8 nitrogen and oxygen atoms in total. The predicted molar refractivity (Wildman–Crippen MR) is 120 cm³/mol. The number of aromatic nitrogens is 2. The second-order valence-corrected chi connectivity index (χ2v) is 10.4. The summed E-state index contributed by atoms with van der Waals surface area (Å²) in [6.07, 6.45) is 0. The van der Waals surface area contributed by atoms with Crippen LogP contribution in [0.4, 0.5) is 10.1 Å². The second-order valence-electron chi connectivity index (χ2n) is 7.07. The minimum atomic E-state index is -3.66. The lowest BCUT2D eigenvalue weighted by Gasteiger charge is -2.33. The minimum Gasteiger partial charge on any atom is -0.320 e. The van der Waals surface area contributed by atoms with Crippen molar-refractivity contribution in [1.29, 1.82) is 0 Å². The lowest BCUT2D eigenvalue weighted by atomic mass is 10.3. The molecule has 0 unspecified atom stereocenters. The van der Waals surface area contributed by atoms with E-state index in [1.807, 2.05) is 0 Å². The molecule has 1 N–H and O–H groups in total. The van der Waals surface area contributed by atoms with Gasteiger partial charge in [-0.05, 0) is 36.4 Å². The number of carbonyl (C=O) groups is 1. The quantitative estimate of drug-likeness (QED) is 0.564. The Kier molecular flexibility index (Phi) is 6.82. The Morgan fingerprint density at radius 2 is 1.75 bits per heavy atom. The Morgan fingerprint density at radius 3 is 2.44 bits per heavy atom. The molecule has 1 aromatic heterocycles. The third kappa shape index (κ3) is 5.13. The molecule has 1 saturated heterocycles. The molecule has 0 spiro atoms. The molecule has 0 bridgehead atoms. The normalized spacial score (nSPS) is 15.6. The summed E-state index contributed by atoms with van der Waals surface area (Å²) >= 11 is 7.23. The summed E-state index contributed by atoms with van der Waals surface area (Å²) in [5.74, 6) is -0.808. The van der Waals surface area contributed by atoms with Crippen molar-refractivity contribution in [2.75, 3.05) is 31.5 Å². The highest BCUT2D eigenvalue weighted by atomic mass is 35.5. The van der Waals surface area contributed by atoms with Crippen LogP contribution >= 0.6 is 22.9 Å². The Labute approximate surface area is 193 Å². The second kappa shape index (κ2) is 9.59. The Hall–Kier alpha value is -2.44. The molecule has 1 amide bonds. The lowest BCUT2D eigenvalue weighted by Crippen LogP contribution is -2.48. The number of benzene rings is 2. The maximum absolute atomic E-state index is 13.0. The van der Waals surface area contributed by atoms with Crippen molar-refractivity contribution in [3.63, 3.8) is 0 Å². The topological polar surface area (TPSA) is 95.5 Å². The van der Waals surface area contributed by atoms with Crippen molar-refractivity contribution in [1.82, 2.24) is 19.4 Å². The zero-order valence-corrected chi connectivity index (χ0v) is 19.1. The van der Waals surface area contributed by atoms with Crippen LogP contribution in [0.25, 0.3) is 0 Å². The summed E-state index contributed by atoms with van der Waals surface area (Å²) < 4.78 is 40.1. The number of carbonyl (C=O) groups excluding carboxylic acids is 1. The molecular formula is C20H19ClFN5O3S2. The maximum atomic E-state index is 13.0. The number of amides is 1. The Bertz CT molecular complexity index is 1210. The summed E-state index contributed by atoms with van der Waals surface area (Å²) in [6.45, 7) is 2.14. The first-order valence-corrected chi connectivity index (χ1v) is 12.3. The highest BCUT2D eigenvalue weighted by molar-refractivity contribution is 7.89. The van der Waals surface area contributed by atoms with E-state index in [-0.39, 0.29) is 20.7 Å². The van der Waals surface area contributed by atoms with Crippen LogP contribution in [-0.2, 0) is 16.6 Å². The minimum absolute atomic E-state index is 0.107. The first-order valence-electron chi connectivity index (χ1n) is 9.69. The van der Waals surface area contributed by atoms with Gasteiger partial charge in [0.15, 0.2) is 0 Å². The zero-order chi connectivity index (χ0) is 22.7. The molecule has 0 radical (unpaired) electrons. The predicted octanol–water partition coefficient (Wildman–Crippen LogP) is 3.09. The average molecular weight is 496 g/mol. The van der Waals surface area contributed by atoms with Gasteiger partial charge >= 0.3 is 0 Å². The van der Waals surface area contributed by atoms with Gasteiger partial charge in [-0.15, -0.1) is 10.2 Å². The van der Waals surface area contributed by atoms with Crippen LogP contribution in [-0.4, -0.2) is 59.9 Å². The number of hydrogen-bond donors (Lipinski definition) is 1. The van der Waals surface area contributed by atoms with E-state index >= 15 is 0 Å².